The Labute approximate surface area is 78.6 Å². The molecule has 1 aromatic carbocycles. The first-order chi connectivity index (χ1) is 6.33. The normalized spacial score (nSPS) is 21.2. The van der Waals surface area contributed by atoms with Crippen LogP contribution < -0.4 is 0 Å². The van der Waals surface area contributed by atoms with E-state index in [0.717, 1.165) is 24.8 Å². The van der Waals surface area contributed by atoms with Gasteiger partial charge in [-0.05, 0) is 18.1 Å². The molecule has 1 atom stereocenters. The first kappa shape index (κ1) is 8.57. The summed E-state index contributed by atoms with van der Waals surface area (Å²) in [6, 6.07) is 6.04. The molecule has 0 aromatic heterocycles. The summed E-state index contributed by atoms with van der Waals surface area (Å²) in [5.74, 6) is 0.436. The van der Waals surface area contributed by atoms with Gasteiger partial charge in [-0.3, -0.25) is 0 Å². The van der Waals surface area contributed by atoms with Gasteiger partial charge in [-0.1, -0.05) is 30.5 Å². The van der Waals surface area contributed by atoms with Gasteiger partial charge in [-0.25, -0.2) is 0 Å². The minimum atomic E-state index is 0.302. The van der Waals surface area contributed by atoms with Crippen LogP contribution in [0.15, 0.2) is 18.2 Å². The number of hydrogen-bond donors (Lipinski definition) is 1. The number of aromatic hydroxyl groups is 1. The van der Waals surface area contributed by atoms with E-state index in [4.69, 9.17) is 0 Å². The zero-order valence-electron chi connectivity index (χ0n) is 7.83. The predicted molar refractivity (Wildman–Crippen MR) is 53.1 cm³/mol. The van der Waals surface area contributed by atoms with Crippen molar-refractivity contribution in [2.24, 2.45) is 0 Å². The van der Waals surface area contributed by atoms with Crippen LogP contribution in [0.4, 0.5) is 0 Å². The van der Waals surface area contributed by atoms with E-state index in [1.165, 1.54) is 5.56 Å². The lowest BCUT2D eigenvalue weighted by Gasteiger charge is -2.34. The average Bonchev–Trinajstić information content (AvgIpc) is 2.18. The Morgan fingerprint density at radius 3 is 3.08 bits per heavy atom. The summed E-state index contributed by atoms with van der Waals surface area (Å²) < 4.78 is 0. The lowest BCUT2D eigenvalue weighted by molar-refractivity contribution is 0.458. The molecule has 0 saturated carbocycles. The van der Waals surface area contributed by atoms with E-state index >= 15 is 0 Å². The van der Waals surface area contributed by atoms with E-state index in [-0.39, 0.29) is 0 Å². The first-order valence-electron chi connectivity index (χ1n) is 4.72. The highest BCUT2D eigenvalue weighted by molar-refractivity contribution is 5.43. The molecule has 1 aliphatic rings. The molecular weight excluding hydrogens is 162 g/mol. The third-order valence-corrected chi connectivity index (χ3v) is 2.76. The summed E-state index contributed by atoms with van der Waals surface area (Å²) >= 11 is 0. The number of phenols is 1. The Bertz CT molecular complexity index is 309. The van der Waals surface area contributed by atoms with Crippen molar-refractivity contribution in [2.75, 3.05) is 7.05 Å². The van der Waals surface area contributed by atoms with Crippen molar-refractivity contribution in [1.82, 2.24) is 0 Å². The van der Waals surface area contributed by atoms with Crippen molar-refractivity contribution >= 4 is 0 Å². The molecule has 13 heavy (non-hydrogen) atoms. The molecule has 0 aliphatic heterocycles. The second kappa shape index (κ2) is 3.38. The summed E-state index contributed by atoms with van der Waals surface area (Å²) in [5, 5.41) is 13.9. The fourth-order valence-electron chi connectivity index (χ4n) is 2.07. The van der Waals surface area contributed by atoms with E-state index in [2.05, 4.69) is 11.4 Å². The van der Waals surface area contributed by atoms with Crippen LogP contribution in [0.5, 0.6) is 5.75 Å². The second-order valence-electron chi connectivity index (χ2n) is 3.51. The minimum absolute atomic E-state index is 0.302. The Morgan fingerprint density at radius 1 is 1.46 bits per heavy atom. The highest BCUT2D eigenvalue weighted by Gasteiger charge is 2.15. The molecule has 70 valence electrons. The van der Waals surface area contributed by atoms with E-state index in [9.17, 15) is 5.11 Å². The molecule has 0 spiro atoms. The summed E-state index contributed by atoms with van der Waals surface area (Å²) in [5.41, 5.74) is 2.32. The molecule has 1 N–H and O–H groups in total. The maximum Gasteiger partial charge on any atom is 0.118 e. The number of hydrogen-bond acceptors (Lipinski definition) is 1. The lowest BCUT2D eigenvalue weighted by atomic mass is 9.87. The van der Waals surface area contributed by atoms with Gasteiger partial charge in [-0.2, -0.15) is 7.05 Å². The molecule has 2 rings (SSSR count). The standard InChI is InChI=1S/C11H14NO/c1-12-10-6-2-5-9-8(10)4-3-7-11(9)13/h3-4,7,10,13H,2,5-6H2,1H3/q-1. The number of rotatable bonds is 1. The maximum absolute atomic E-state index is 9.63. The molecule has 1 aromatic rings. The minimum Gasteiger partial charge on any atom is -0.658 e. The molecule has 0 fully saturated rings. The van der Waals surface area contributed by atoms with E-state index in [1.807, 2.05) is 13.1 Å². The topological polar surface area (TPSA) is 34.3 Å². The fraction of sp³-hybridized carbons (Fsp3) is 0.455. The summed E-state index contributed by atoms with van der Waals surface area (Å²) in [4.78, 5) is 0. The molecule has 2 nitrogen and oxygen atoms in total. The van der Waals surface area contributed by atoms with Gasteiger partial charge in [-0.15, -0.1) is 6.04 Å². The molecular formula is C11H14NO-. The van der Waals surface area contributed by atoms with Gasteiger partial charge in [0.2, 0.25) is 0 Å². The zero-order valence-corrected chi connectivity index (χ0v) is 7.83. The van der Waals surface area contributed by atoms with Gasteiger partial charge < -0.3 is 10.4 Å². The van der Waals surface area contributed by atoms with Gasteiger partial charge in [0.05, 0.1) is 0 Å². The van der Waals surface area contributed by atoms with Crippen molar-refractivity contribution in [3.05, 3.63) is 34.6 Å². The lowest BCUT2D eigenvalue weighted by Crippen LogP contribution is -2.08. The number of fused-ring (bicyclic) bond motifs is 1. The molecule has 0 heterocycles. The van der Waals surface area contributed by atoms with Crippen LogP contribution >= 0.6 is 0 Å². The Morgan fingerprint density at radius 2 is 2.31 bits per heavy atom. The van der Waals surface area contributed by atoms with Crippen LogP contribution in [0, 0.1) is 0 Å². The first-order valence-corrected chi connectivity index (χ1v) is 4.72. The van der Waals surface area contributed by atoms with Crippen molar-refractivity contribution in [3.63, 3.8) is 0 Å². The Kier molecular flexibility index (Phi) is 2.23. The molecule has 1 aliphatic carbocycles. The van der Waals surface area contributed by atoms with E-state index < -0.39 is 0 Å². The van der Waals surface area contributed by atoms with Gasteiger partial charge in [0.25, 0.3) is 0 Å². The van der Waals surface area contributed by atoms with Crippen LogP contribution in [0.1, 0.15) is 30.0 Å². The van der Waals surface area contributed by atoms with Crippen LogP contribution in [0.25, 0.3) is 5.32 Å². The van der Waals surface area contributed by atoms with Crippen molar-refractivity contribution in [2.45, 2.75) is 25.3 Å². The average molecular weight is 176 g/mol. The fourth-order valence-corrected chi connectivity index (χ4v) is 2.07. The largest absolute Gasteiger partial charge is 0.658 e. The SMILES string of the molecule is C[N-]C1CCCc2c(O)cccc21. The highest BCUT2D eigenvalue weighted by Crippen LogP contribution is 2.37. The molecule has 0 saturated heterocycles. The van der Waals surface area contributed by atoms with Gasteiger partial charge in [0.1, 0.15) is 5.75 Å². The number of nitrogens with zero attached hydrogens (tertiary/aromatic N) is 1. The molecule has 0 amide bonds. The molecule has 2 heteroatoms. The van der Waals surface area contributed by atoms with E-state index in [1.54, 1.807) is 6.07 Å². The summed E-state index contributed by atoms with van der Waals surface area (Å²) in [6.45, 7) is 0. The number of phenolic OH excluding ortho intramolecular Hbond substituents is 1. The maximum atomic E-state index is 9.63. The zero-order chi connectivity index (χ0) is 9.26. The van der Waals surface area contributed by atoms with Crippen LogP contribution in [0.3, 0.4) is 0 Å². The van der Waals surface area contributed by atoms with E-state index in [0.29, 0.717) is 11.8 Å². The number of benzene rings is 1. The quantitative estimate of drug-likeness (QED) is 0.701. The summed E-state index contributed by atoms with van der Waals surface area (Å²) in [7, 11) is 1.85. The van der Waals surface area contributed by atoms with Crippen LogP contribution in [0.2, 0.25) is 0 Å². The van der Waals surface area contributed by atoms with Gasteiger partial charge in [0, 0.05) is 0 Å². The monoisotopic (exact) mass is 176 g/mol. The third kappa shape index (κ3) is 1.42. The molecule has 0 radical (unpaired) electrons. The molecule has 1 unspecified atom stereocenters. The van der Waals surface area contributed by atoms with Gasteiger partial charge in [0.15, 0.2) is 0 Å². The third-order valence-electron chi connectivity index (χ3n) is 2.76. The molecule has 0 bridgehead atoms. The Balaban J connectivity index is 2.45. The van der Waals surface area contributed by atoms with Crippen molar-refractivity contribution in [1.29, 1.82) is 0 Å². The second-order valence-corrected chi connectivity index (χ2v) is 3.51. The smallest absolute Gasteiger partial charge is 0.118 e. The Hall–Kier alpha value is -1.02. The van der Waals surface area contributed by atoms with Crippen molar-refractivity contribution < 1.29 is 5.11 Å². The summed E-state index contributed by atoms with van der Waals surface area (Å²) in [6.07, 6.45) is 3.24. The van der Waals surface area contributed by atoms with Crippen LogP contribution in [-0.4, -0.2) is 12.2 Å². The van der Waals surface area contributed by atoms with Crippen molar-refractivity contribution in [3.8, 4) is 5.75 Å². The highest BCUT2D eigenvalue weighted by atomic mass is 16.3. The van der Waals surface area contributed by atoms with Crippen LogP contribution in [-0.2, 0) is 6.42 Å². The van der Waals surface area contributed by atoms with Gasteiger partial charge >= 0.3 is 0 Å². The predicted octanol–water partition coefficient (Wildman–Crippen LogP) is 2.77.